The number of hydrogen-bond donors (Lipinski definition) is 0. The first-order chi connectivity index (χ1) is 18.2. The van der Waals surface area contributed by atoms with Crippen LogP contribution < -0.4 is 13.7 Å². The summed E-state index contributed by atoms with van der Waals surface area (Å²) in [5.74, 6) is 0.365. The van der Waals surface area contributed by atoms with Crippen LogP contribution in [-0.2, 0) is 14.9 Å². The maximum atomic E-state index is 12.9. The molecule has 0 bridgehead atoms. The van der Waals surface area contributed by atoms with Gasteiger partial charge in [0.2, 0.25) is 0 Å². The Labute approximate surface area is 233 Å². The van der Waals surface area contributed by atoms with Crippen LogP contribution in [-0.4, -0.2) is 44.2 Å². The van der Waals surface area contributed by atoms with Crippen LogP contribution >= 0.6 is 27.7 Å². The molecular formula is C27H24BrNO7S2. The zero-order chi connectivity index (χ0) is 27.3. The number of thioether (sulfide) groups is 1. The largest absolute Gasteiger partial charge is 0.492 e. The van der Waals surface area contributed by atoms with E-state index in [0.29, 0.717) is 15.8 Å². The number of carbonyl (C=O) groups excluding carboxylic acids is 2. The van der Waals surface area contributed by atoms with Crippen LogP contribution in [0.1, 0.15) is 18.1 Å². The minimum absolute atomic E-state index is 0.00143. The fourth-order valence-corrected chi connectivity index (χ4v) is 5.98. The average Bonchev–Trinajstić information content (AvgIpc) is 3.15. The molecule has 1 heterocycles. The highest BCUT2D eigenvalue weighted by atomic mass is 79.9. The molecule has 0 unspecified atom stereocenters. The van der Waals surface area contributed by atoms with Gasteiger partial charge < -0.3 is 13.7 Å². The molecule has 3 aromatic carbocycles. The number of halogens is 1. The van der Waals surface area contributed by atoms with E-state index in [2.05, 4.69) is 15.9 Å². The van der Waals surface area contributed by atoms with Crippen molar-refractivity contribution in [3.63, 3.8) is 0 Å². The fraction of sp³-hybridized carbons (Fsp3) is 0.185. The molecule has 11 heteroatoms. The van der Waals surface area contributed by atoms with Crippen LogP contribution in [0.5, 0.6) is 17.2 Å². The van der Waals surface area contributed by atoms with Crippen molar-refractivity contribution in [3.8, 4) is 17.2 Å². The third kappa shape index (κ3) is 6.58. The summed E-state index contributed by atoms with van der Waals surface area (Å²) in [6.45, 7) is 4.24. The molecule has 8 nitrogen and oxygen atoms in total. The highest BCUT2D eigenvalue weighted by Crippen LogP contribution is 2.40. The molecule has 1 fully saturated rings. The lowest BCUT2D eigenvalue weighted by molar-refractivity contribution is -0.123. The van der Waals surface area contributed by atoms with Crippen molar-refractivity contribution in [2.75, 3.05) is 19.8 Å². The first-order valence-corrected chi connectivity index (χ1v) is 14.6. The Kier molecular flexibility index (Phi) is 8.80. The van der Waals surface area contributed by atoms with E-state index in [1.165, 1.54) is 12.1 Å². The van der Waals surface area contributed by atoms with Crippen LogP contribution in [0.25, 0.3) is 6.08 Å². The number of nitrogens with zero attached hydrogens (tertiary/aromatic N) is 1. The number of hydrogen-bond acceptors (Lipinski definition) is 8. The molecule has 0 aromatic heterocycles. The van der Waals surface area contributed by atoms with Crippen LogP contribution in [0.3, 0.4) is 0 Å². The van der Waals surface area contributed by atoms with E-state index in [1.807, 2.05) is 31.2 Å². The fourth-order valence-electron chi connectivity index (χ4n) is 3.49. The lowest BCUT2D eigenvalue weighted by Gasteiger charge is -2.15. The smallest absolute Gasteiger partial charge is 0.339 e. The second kappa shape index (κ2) is 12.1. The summed E-state index contributed by atoms with van der Waals surface area (Å²) in [6, 6.07) is 18.4. The summed E-state index contributed by atoms with van der Waals surface area (Å²) in [4.78, 5) is 26.8. The normalized spacial score (nSPS) is 14.7. The van der Waals surface area contributed by atoms with Crippen LogP contribution in [0.15, 0.2) is 81.0 Å². The number of benzene rings is 3. The summed E-state index contributed by atoms with van der Waals surface area (Å²) in [5.41, 5.74) is 1.62. The predicted molar refractivity (Wildman–Crippen MR) is 149 cm³/mol. The van der Waals surface area contributed by atoms with E-state index in [0.717, 1.165) is 22.2 Å². The minimum atomic E-state index is -4.11. The molecule has 0 radical (unpaired) electrons. The van der Waals surface area contributed by atoms with Gasteiger partial charge in [0, 0.05) is 0 Å². The Morgan fingerprint density at radius 3 is 2.39 bits per heavy atom. The molecule has 1 aliphatic rings. The lowest BCUT2D eigenvalue weighted by atomic mass is 10.2. The summed E-state index contributed by atoms with van der Waals surface area (Å²) < 4.78 is 42.5. The molecule has 4 rings (SSSR count). The number of ether oxygens (including phenoxy) is 2. The molecule has 38 heavy (non-hydrogen) atoms. The van der Waals surface area contributed by atoms with Gasteiger partial charge >= 0.3 is 10.1 Å². The Morgan fingerprint density at radius 1 is 1.00 bits per heavy atom. The van der Waals surface area contributed by atoms with Crippen molar-refractivity contribution >= 4 is 55.0 Å². The summed E-state index contributed by atoms with van der Waals surface area (Å²) in [6.07, 6.45) is 1.55. The Bertz CT molecular complexity index is 1470. The first kappa shape index (κ1) is 27.7. The van der Waals surface area contributed by atoms with Crippen molar-refractivity contribution in [3.05, 3.63) is 87.2 Å². The molecule has 0 atom stereocenters. The highest BCUT2D eigenvalue weighted by Gasteiger charge is 2.35. The van der Waals surface area contributed by atoms with Crippen LogP contribution in [0, 0.1) is 6.92 Å². The van der Waals surface area contributed by atoms with Gasteiger partial charge in [-0.25, -0.2) is 0 Å². The van der Waals surface area contributed by atoms with E-state index >= 15 is 0 Å². The van der Waals surface area contributed by atoms with Gasteiger partial charge in [0.1, 0.15) is 17.3 Å². The maximum absolute atomic E-state index is 12.9. The van der Waals surface area contributed by atoms with Gasteiger partial charge in [-0.05, 0) is 89.6 Å². The predicted octanol–water partition coefficient (Wildman–Crippen LogP) is 6.04. The highest BCUT2D eigenvalue weighted by molar-refractivity contribution is 9.10. The van der Waals surface area contributed by atoms with Crippen molar-refractivity contribution in [2.45, 2.75) is 18.7 Å². The summed E-state index contributed by atoms with van der Waals surface area (Å²) in [7, 11) is -4.11. The Hall–Kier alpha value is -3.28. The monoisotopic (exact) mass is 617 g/mol. The number of amides is 2. The molecule has 1 saturated heterocycles. The average molecular weight is 619 g/mol. The van der Waals surface area contributed by atoms with Crippen molar-refractivity contribution in [1.29, 1.82) is 0 Å². The molecule has 0 aliphatic carbocycles. The third-order valence-electron chi connectivity index (χ3n) is 5.33. The second-order valence-corrected chi connectivity index (χ2v) is 11.5. The van der Waals surface area contributed by atoms with E-state index in [4.69, 9.17) is 13.7 Å². The molecule has 0 saturated carbocycles. The topological polar surface area (TPSA) is 99.2 Å². The van der Waals surface area contributed by atoms with Gasteiger partial charge in [0.15, 0.2) is 11.5 Å². The van der Waals surface area contributed by atoms with Crippen LogP contribution in [0.4, 0.5) is 4.79 Å². The van der Waals surface area contributed by atoms with Crippen molar-refractivity contribution < 1.29 is 31.7 Å². The summed E-state index contributed by atoms with van der Waals surface area (Å²) in [5, 5.41) is -0.397. The van der Waals surface area contributed by atoms with Gasteiger partial charge in [-0.3, -0.25) is 14.5 Å². The van der Waals surface area contributed by atoms with Gasteiger partial charge in [-0.1, -0.05) is 35.9 Å². The molecule has 0 N–H and O–H groups in total. The SMILES string of the molecule is CCOc1cc(/C=C2\SC(=O)N(CCOc3ccc(C)cc3)C2=O)cc(Br)c1OS(=O)(=O)c1ccccc1. The Balaban J connectivity index is 1.51. The molecule has 2 amide bonds. The standard InChI is InChI=1S/C27H24BrNO7S2/c1-3-34-23-16-19(15-22(28)25(23)36-38(32,33)21-7-5-4-6-8-21)17-24-26(30)29(27(31)37-24)13-14-35-20-11-9-18(2)10-12-20/h4-12,15-17H,3,13-14H2,1-2H3/b24-17-. The molecule has 0 spiro atoms. The van der Waals surface area contributed by atoms with Crippen LogP contribution in [0.2, 0.25) is 0 Å². The zero-order valence-corrected chi connectivity index (χ0v) is 23.8. The first-order valence-electron chi connectivity index (χ1n) is 11.6. The van der Waals surface area contributed by atoms with Gasteiger partial charge in [-0.15, -0.1) is 0 Å². The van der Waals surface area contributed by atoms with E-state index in [-0.39, 0.29) is 41.1 Å². The van der Waals surface area contributed by atoms with E-state index in [1.54, 1.807) is 43.3 Å². The molecule has 3 aromatic rings. The number of rotatable bonds is 10. The van der Waals surface area contributed by atoms with Crippen molar-refractivity contribution in [1.82, 2.24) is 4.90 Å². The number of imide groups is 1. The number of aryl methyl sites for hydroxylation is 1. The zero-order valence-electron chi connectivity index (χ0n) is 20.5. The second-order valence-electron chi connectivity index (χ2n) is 8.11. The molecule has 198 valence electrons. The molecular weight excluding hydrogens is 594 g/mol. The quantitative estimate of drug-likeness (QED) is 0.200. The van der Waals surface area contributed by atoms with Gasteiger partial charge in [-0.2, -0.15) is 8.42 Å². The Morgan fingerprint density at radius 2 is 1.71 bits per heavy atom. The van der Waals surface area contributed by atoms with E-state index in [9.17, 15) is 18.0 Å². The number of carbonyl (C=O) groups is 2. The maximum Gasteiger partial charge on any atom is 0.339 e. The minimum Gasteiger partial charge on any atom is -0.492 e. The molecule has 1 aliphatic heterocycles. The van der Waals surface area contributed by atoms with Crippen molar-refractivity contribution in [2.24, 2.45) is 0 Å². The van der Waals surface area contributed by atoms with Gasteiger partial charge in [0.05, 0.1) is 22.5 Å². The lowest BCUT2D eigenvalue weighted by Crippen LogP contribution is -2.32. The van der Waals surface area contributed by atoms with Gasteiger partial charge in [0.25, 0.3) is 11.1 Å². The summed E-state index contributed by atoms with van der Waals surface area (Å²) >= 11 is 4.18. The third-order valence-corrected chi connectivity index (χ3v) is 8.06. The van der Waals surface area contributed by atoms with E-state index < -0.39 is 21.3 Å².